The second-order valence-corrected chi connectivity index (χ2v) is 2.09. The van der Waals surface area contributed by atoms with Gasteiger partial charge in [0.05, 0.1) is 6.54 Å². The van der Waals surface area contributed by atoms with Crippen LogP contribution in [0, 0.1) is 11.8 Å². The van der Waals surface area contributed by atoms with E-state index >= 15 is 0 Å². The number of nitrogens with one attached hydrogen (secondary N) is 2. The van der Waals surface area contributed by atoms with Gasteiger partial charge in [-0.25, -0.2) is 0 Å². The fourth-order valence-electron chi connectivity index (χ4n) is 0.566. The molecule has 0 spiro atoms. The van der Waals surface area contributed by atoms with Crippen LogP contribution in [-0.2, 0) is 4.79 Å². The maximum absolute atomic E-state index is 10.4. The molecule has 3 heteroatoms. The zero-order valence-corrected chi connectivity index (χ0v) is 7.03. The lowest BCUT2D eigenvalue weighted by molar-refractivity contribution is -0.118. The van der Waals surface area contributed by atoms with Crippen molar-refractivity contribution in [3.8, 4) is 11.8 Å². The summed E-state index contributed by atoms with van der Waals surface area (Å²) in [4.78, 5) is 10.4. The number of carbonyl (C=O) groups is 1. The summed E-state index contributed by atoms with van der Waals surface area (Å²) in [5, 5.41) is 5.73. The second-order valence-electron chi connectivity index (χ2n) is 2.09. The Kier molecular flexibility index (Phi) is 6.45. The van der Waals surface area contributed by atoms with Crippen LogP contribution in [0.2, 0.25) is 0 Å². The Morgan fingerprint density at radius 2 is 2.18 bits per heavy atom. The van der Waals surface area contributed by atoms with Crippen molar-refractivity contribution in [1.29, 1.82) is 0 Å². The molecule has 0 atom stereocenters. The van der Waals surface area contributed by atoms with E-state index in [1.807, 2.05) is 0 Å². The maximum atomic E-state index is 10.4. The van der Waals surface area contributed by atoms with Gasteiger partial charge in [-0.2, -0.15) is 0 Å². The zero-order valence-electron chi connectivity index (χ0n) is 7.03. The monoisotopic (exact) mass is 154 g/mol. The molecule has 0 aliphatic carbocycles. The first-order chi connectivity index (χ1) is 5.27. The van der Waals surface area contributed by atoms with E-state index in [1.165, 1.54) is 6.92 Å². The molecule has 0 bridgehead atoms. The largest absolute Gasteiger partial charge is 0.355 e. The van der Waals surface area contributed by atoms with Crippen molar-refractivity contribution >= 4 is 5.91 Å². The van der Waals surface area contributed by atoms with Crippen LogP contribution in [0.5, 0.6) is 0 Å². The first kappa shape index (κ1) is 9.99. The lowest BCUT2D eigenvalue weighted by Crippen LogP contribution is -2.30. The number of carbonyl (C=O) groups excluding carboxylic acids is 1. The lowest BCUT2D eigenvalue weighted by atomic mass is 10.5. The molecule has 0 aliphatic rings. The Labute approximate surface area is 67.6 Å². The fourth-order valence-corrected chi connectivity index (χ4v) is 0.566. The quantitative estimate of drug-likeness (QED) is 0.432. The molecule has 0 rings (SSSR count). The molecular weight excluding hydrogens is 140 g/mol. The summed E-state index contributed by atoms with van der Waals surface area (Å²) in [7, 11) is 0. The predicted octanol–water partition coefficient (Wildman–Crippen LogP) is -0.265. The van der Waals surface area contributed by atoms with Crippen molar-refractivity contribution in [3.63, 3.8) is 0 Å². The van der Waals surface area contributed by atoms with Crippen LogP contribution in [0.3, 0.4) is 0 Å². The van der Waals surface area contributed by atoms with Gasteiger partial charge in [0, 0.05) is 20.0 Å². The minimum Gasteiger partial charge on any atom is -0.355 e. The standard InChI is InChI=1S/C8H14N2O/c1-3-4-5-9-6-7-10-8(2)11/h9H,5-7H2,1-2H3,(H,10,11). The molecule has 11 heavy (non-hydrogen) atoms. The van der Waals surface area contributed by atoms with Crippen molar-refractivity contribution in [2.75, 3.05) is 19.6 Å². The van der Waals surface area contributed by atoms with Crippen LogP contribution in [-0.4, -0.2) is 25.5 Å². The molecule has 2 N–H and O–H groups in total. The third-order valence-electron chi connectivity index (χ3n) is 1.07. The van der Waals surface area contributed by atoms with E-state index in [0.29, 0.717) is 13.1 Å². The highest BCUT2D eigenvalue weighted by molar-refractivity contribution is 5.72. The number of rotatable bonds is 4. The molecule has 1 amide bonds. The second kappa shape index (κ2) is 7.10. The van der Waals surface area contributed by atoms with Gasteiger partial charge < -0.3 is 10.6 Å². The summed E-state index contributed by atoms with van der Waals surface area (Å²) in [6.07, 6.45) is 0. The molecule has 3 nitrogen and oxygen atoms in total. The molecule has 0 aliphatic heterocycles. The SMILES string of the molecule is CC#CCNCCNC(C)=O. The lowest BCUT2D eigenvalue weighted by Gasteiger charge is -2.00. The number of amides is 1. The molecule has 0 unspecified atom stereocenters. The Hall–Kier alpha value is -1.01. The Morgan fingerprint density at radius 3 is 2.73 bits per heavy atom. The summed E-state index contributed by atoms with van der Waals surface area (Å²) in [5.74, 6) is 5.64. The molecular formula is C8H14N2O. The van der Waals surface area contributed by atoms with Crippen molar-refractivity contribution in [2.24, 2.45) is 0 Å². The van der Waals surface area contributed by atoms with E-state index in [-0.39, 0.29) is 5.91 Å². The molecule has 0 radical (unpaired) electrons. The van der Waals surface area contributed by atoms with E-state index in [4.69, 9.17) is 0 Å². The minimum absolute atomic E-state index is 0.00776. The average molecular weight is 154 g/mol. The smallest absolute Gasteiger partial charge is 0.216 e. The number of hydrogen-bond donors (Lipinski definition) is 2. The summed E-state index contributed by atoms with van der Waals surface area (Å²) >= 11 is 0. The van der Waals surface area contributed by atoms with E-state index in [0.717, 1.165) is 6.54 Å². The van der Waals surface area contributed by atoms with Gasteiger partial charge in [0.25, 0.3) is 0 Å². The summed E-state index contributed by atoms with van der Waals surface area (Å²) in [6.45, 7) is 5.44. The van der Waals surface area contributed by atoms with E-state index in [9.17, 15) is 4.79 Å². The summed E-state index contributed by atoms with van der Waals surface area (Å²) < 4.78 is 0. The van der Waals surface area contributed by atoms with Gasteiger partial charge in [0.1, 0.15) is 0 Å². The van der Waals surface area contributed by atoms with Gasteiger partial charge in [-0.05, 0) is 6.92 Å². The van der Waals surface area contributed by atoms with Crippen molar-refractivity contribution in [3.05, 3.63) is 0 Å². The summed E-state index contributed by atoms with van der Waals surface area (Å²) in [6, 6.07) is 0. The highest BCUT2D eigenvalue weighted by Gasteiger charge is 1.87. The fraction of sp³-hybridized carbons (Fsp3) is 0.625. The predicted molar refractivity (Wildman–Crippen MR) is 45.0 cm³/mol. The van der Waals surface area contributed by atoms with E-state index in [2.05, 4.69) is 22.5 Å². The van der Waals surface area contributed by atoms with Gasteiger partial charge in [-0.3, -0.25) is 4.79 Å². The van der Waals surface area contributed by atoms with Gasteiger partial charge in [-0.15, -0.1) is 5.92 Å². The Morgan fingerprint density at radius 1 is 1.45 bits per heavy atom. The van der Waals surface area contributed by atoms with Crippen molar-refractivity contribution in [1.82, 2.24) is 10.6 Å². The van der Waals surface area contributed by atoms with Crippen LogP contribution in [0.4, 0.5) is 0 Å². The first-order valence-electron chi connectivity index (χ1n) is 3.62. The van der Waals surface area contributed by atoms with Crippen molar-refractivity contribution in [2.45, 2.75) is 13.8 Å². The van der Waals surface area contributed by atoms with Crippen LogP contribution >= 0.6 is 0 Å². The highest BCUT2D eigenvalue weighted by atomic mass is 16.1. The third-order valence-corrected chi connectivity index (χ3v) is 1.07. The highest BCUT2D eigenvalue weighted by Crippen LogP contribution is 1.61. The minimum atomic E-state index is 0.00776. The van der Waals surface area contributed by atoms with Crippen LogP contribution in [0.15, 0.2) is 0 Å². The molecule has 0 aromatic heterocycles. The maximum Gasteiger partial charge on any atom is 0.216 e. The van der Waals surface area contributed by atoms with Crippen LogP contribution in [0.25, 0.3) is 0 Å². The van der Waals surface area contributed by atoms with Gasteiger partial charge >= 0.3 is 0 Å². The van der Waals surface area contributed by atoms with E-state index < -0.39 is 0 Å². The van der Waals surface area contributed by atoms with Gasteiger partial charge in [-0.1, -0.05) is 5.92 Å². The summed E-state index contributed by atoms with van der Waals surface area (Å²) in [5.41, 5.74) is 0. The van der Waals surface area contributed by atoms with Gasteiger partial charge in [0.15, 0.2) is 0 Å². The molecule has 0 aromatic carbocycles. The number of hydrogen-bond acceptors (Lipinski definition) is 2. The topological polar surface area (TPSA) is 41.1 Å². The molecule has 0 fully saturated rings. The molecule has 0 saturated heterocycles. The van der Waals surface area contributed by atoms with Gasteiger partial charge in [0.2, 0.25) is 5.91 Å². The molecule has 62 valence electrons. The Bertz CT molecular complexity index is 167. The van der Waals surface area contributed by atoms with Crippen LogP contribution in [0.1, 0.15) is 13.8 Å². The molecule has 0 aromatic rings. The molecule has 0 saturated carbocycles. The zero-order chi connectivity index (χ0) is 8.53. The first-order valence-corrected chi connectivity index (χ1v) is 3.62. The Balaban J connectivity index is 3.00. The third kappa shape index (κ3) is 8.99. The van der Waals surface area contributed by atoms with Crippen LogP contribution < -0.4 is 10.6 Å². The van der Waals surface area contributed by atoms with E-state index in [1.54, 1.807) is 6.92 Å². The average Bonchev–Trinajstić information content (AvgIpc) is 1.96. The van der Waals surface area contributed by atoms with Crippen molar-refractivity contribution < 1.29 is 4.79 Å². The normalized spacial score (nSPS) is 8.18. The molecule has 0 heterocycles.